The summed E-state index contributed by atoms with van der Waals surface area (Å²) in [7, 11) is 0. The molecule has 0 saturated heterocycles. The van der Waals surface area contributed by atoms with E-state index < -0.39 is 17.9 Å². The van der Waals surface area contributed by atoms with E-state index >= 15 is 0 Å². The molecule has 2 atom stereocenters. The number of carbonyl (C=O) groups is 2. The molecule has 4 heteroatoms. The predicted molar refractivity (Wildman–Crippen MR) is 84.0 cm³/mol. The molecule has 0 saturated carbocycles. The summed E-state index contributed by atoms with van der Waals surface area (Å²) in [6, 6.07) is 7.59. The first-order chi connectivity index (χ1) is 9.81. The van der Waals surface area contributed by atoms with Gasteiger partial charge in [0.25, 0.3) is 0 Å². The highest BCUT2D eigenvalue weighted by molar-refractivity contribution is 5.92. The summed E-state index contributed by atoms with van der Waals surface area (Å²) in [5.41, 5.74) is 2.19. The van der Waals surface area contributed by atoms with E-state index in [1.165, 1.54) is 11.6 Å². The number of amides is 1. The van der Waals surface area contributed by atoms with Gasteiger partial charge in [-0.05, 0) is 37.0 Å². The molecule has 0 fully saturated rings. The average molecular weight is 289 g/mol. The van der Waals surface area contributed by atoms with E-state index in [0.717, 1.165) is 5.56 Å². The van der Waals surface area contributed by atoms with Crippen LogP contribution in [0.15, 0.2) is 30.3 Å². The molecule has 114 valence electrons. The maximum Gasteiger partial charge on any atom is 0.308 e. The second-order valence-corrected chi connectivity index (χ2v) is 5.58. The van der Waals surface area contributed by atoms with Crippen molar-refractivity contribution < 1.29 is 14.7 Å². The Morgan fingerprint density at radius 1 is 1.10 bits per heavy atom. The molecular weight excluding hydrogens is 266 g/mol. The second-order valence-electron chi connectivity index (χ2n) is 5.58. The van der Waals surface area contributed by atoms with Gasteiger partial charge in [0.1, 0.15) is 0 Å². The lowest BCUT2D eigenvalue weighted by molar-refractivity contribution is -0.142. The summed E-state index contributed by atoms with van der Waals surface area (Å²) >= 11 is 0. The number of hydrogen-bond acceptors (Lipinski definition) is 2. The fraction of sp³-hybridized carbons (Fsp3) is 0.412. The lowest BCUT2D eigenvalue weighted by atomic mass is 10.0. The Labute approximate surface area is 125 Å². The van der Waals surface area contributed by atoms with Crippen LogP contribution in [0.5, 0.6) is 0 Å². The molecule has 0 radical (unpaired) electrons. The molecule has 1 aromatic rings. The van der Waals surface area contributed by atoms with Gasteiger partial charge >= 0.3 is 5.97 Å². The number of benzene rings is 1. The minimum atomic E-state index is -0.920. The quantitative estimate of drug-likeness (QED) is 0.791. The Balaban J connectivity index is 2.59. The first-order valence-corrected chi connectivity index (χ1v) is 7.12. The van der Waals surface area contributed by atoms with Gasteiger partial charge in [0.2, 0.25) is 5.91 Å². The first kappa shape index (κ1) is 17.0. The fourth-order valence-corrected chi connectivity index (χ4v) is 1.78. The van der Waals surface area contributed by atoms with Crippen molar-refractivity contribution in [2.24, 2.45) is 5.92 Å². The van der Waals surface area contributed by atoms with E-state index in [4.69, 9.17) is 5.11 Å². The lowest BCUT2D eigenvalue weighted by Crippen LogP contribution is -2.39. The highest BCUT2D eigenvalue weighted by Crippen LogP contribution is 2.15. The number of hydrogen-bond donors (Lipinski definition) is 2. The van der Waals surface area contributed by atoms with Gasteiger partial charge in [0.15, 0.2) is 0 Å². The molecule has 1 aromatic carbocycles. The van der Waals surface area contributed by atoms with Crippen molar-refractivity contribution >= 4 is 18.0 Å². The molecular formula is C17H23NO3. The molecule has 0 aliphatic heterocycles. The van der Waals surface area contributed by atoms with Gasteiger partial charge in [0, 0.05) is 12.1 Å². The third-order valence-corrected chi connectivity index (χ3v) is 3.54. The number of aliphatic carboxylic acids is 1. The normalized spacial score (nSPS) is 14.1. The molecule has 2 N–H and O–H groups in total. The topological polar surface area (TPSA) is 66.4 Å². The lowest BCUT2D eigenvalue weighted by Gasteiger charge is -2.16. The smallest absolute Gasteiger partial charge is 0.308 e. The van der Waals surface area contributed by atoms with E-state index in [2.05, 4.69) is 19.2 Å². The zero-order valence-corrected chi connectivity index (χ0v) is 13.0. The summed E-state index contributed by atoms with van der Waals surface area (Å²) in [6.07, 6.45) is 3.15. The highest BCUT2D eigenvalue weighted by atomic mass is 16.4. The Hall–Kier alpha value is -2.10. The molecule has 0 aliphatic rings. The van der Waals surface area contributed by atoms with Crippen molar-refractivity contribution in [2.75, 3.05) is 0 Å². The van der Waals surface area contributed by atoms with Crippen LogP contribution in [-0.4, -0.2) is 23.0 Å². The molecule has 0 spiro atoms. The van der Waals surface area contributed by atoms with Gasteiger partial charge in [-0.25, -0.2) is 0 Å². The van der Waals surface area contributed by atoms with Gasteiger partial charge < -0.3 is 10.4 Å². The number of carboxylic acids is 1. The minimum absolute atomic E-state index is 0.288. The van der Waals surface area contributed by atoms with Crippen molar-refractivity contribution in [3.8, 4) is 0 Å². The van der Waals surface area contributed by atoms with Crippen molar-refractivity contribution in [1.82, 2.24) is 5.32 Å². The van der Waals surface area contributed by atoms with Crippen LogP contribution in [0.4, 0.5) is 0 Å². The Morgan fingerprint density at radius 2 is 1.67 bits per heavy atom. The van der Waals surface area contributed by atoms with Crippen LogP contribution in [0, 0.1) is 5.92 Å². The van der Waals surface area contributed by atoms with E-state index in [9.17, 15) is 9.59 Å². The van der Waals surface area contributed by atoms with Gasteiger partial charge in [-0.15, -0.1) is 0 Å². The van der Waals surface area contributed by atoms with Crippen LogP contribution >= 0.6 is 0 Å². The monoisotopic (exact) mass is 289 g/mol. The Kier molecular flexibility index (Phi) is 6.15. The predicted octanol–water partition coefficient (Wildman–Crippen LogP) is 3.05. The number of rotatable bonds is 6. The summed E-state index contributed by atoms with van der Waals surface area (Å²) in [5.74, 6) is -1.35. The first-order valence-electron chi connectivity index (χ1n) is 7.12. The molecule has 0 aliphatic carbocycles. The maximum atomic E-state index is 11.7. The van der Waals surface area contributed by atoms with E-state index in [1.54, 1.807) is 19.9 Å². The molecule has 2 unspecified atom stereocenters. The van der Waals surface area contributed by atoms with Crippen LogP contribution < -0.4 is 5.32 Å². The Bertz CT molecular complexity index is 517. The van der Waals surface area contributed by atoms with Crippen LogP contribution in [0.1, 0.15) is 44.7 Å². The van der Waals surface area contributed by atoms with Crippen LogP contribution in [-0.2, 0) is 9.59 Å². The van der Waals surface area contributed by atoms with Gasteiger partial charge in [-0.2, -0.15) is 0 Å². The average Bonchev–Trinajstić information content (AvgIpc) is 2.44. The zero-order chi connectivity index (χ0) is 16.0. The molecule has 21 heavy (non-hydrogen) atoms. The summed E-state index contributed by atoms with van der Waals surface area (Å²) < 4.78 is 0. The zero-order valence-electron chi connectivity index (χ0n) is 13.0. The molecule has 0 bridgehead atoms. The molecule has 0 heterocycles. The van der Waals surface area contributed by atoms with Crippen LogP contribution in [0.3, 0.4) is 0 Å². The van der Waals surface area contributed by atoms with Gasteiger partial charge in [0.05, 0.1) is 5.92 Å². The standard InChI is InChI=1S/C17H23NO3/c1-11(2)15-8-5-14(6-9-15)7-10-16(19)18-13(4)12(3)17(20)21/h5-13H,1-4H3,(H,18,19)(H,20,21)/b10-7+. The number of carboxylic acid groups (broad SMARTS) is 1. The summed E-state index contributed by atoms with van der Waals surface area (Å²) in [6.45, 7) is 7.51. The van der Waals surface area contributed by atoms with Crippen LogP contribution in [0.2, 0.25) is 0 Å². The highest BCUT2D eigenvalue weighted by Gasteiger charge is 2.19. The molecule has 1 rings (SSSR count). The molecule has 0 aromatic heterocycles. The van der Waals surface area contributed by atoms with E-state index in [1.807, 2.05) is 24.3 Å². The van der Waals surface area contributed by atoms with Gasteiger partial charge in [-0.1, -0.05) is 38.1 Å². The molecule has 1 amide bonds. The SMILES string of the molecule is CC(C)c1ccc(/C=C/C(=O)NC(C)C(C)C(=O)O)cc1. The van der Waals surface area contributed by atoms with Crippen molar-refractivity contribution in [2.45, 2.75) is 39.7 Å². The second kappa shape index (κ2) is 7.62. The summed E-state index contributed by atoms with van der Waals surface area (Å²) in [4.78, 5) is 22.6. The maximum absolute atomic E-state index is 11.7. The number of nitrogens with one attached hydrogen (secondary N) is 1. The fourth-order valence-electron chi connectivity index (χ4n) is 1.78. The Morgan fingerprint density at radius 3 is 2.14 bits per heavy atom. The van der Waals surface area contributed by atoms with Crippen molar-refractivity contribution in [3.63, 3.8) is 0 Å². The molecule has 4 nitrogen and oxygen atoms in total. The third-order valence-electron chi connectivity index (χ3n) is 3.54. The van der Waals surface area contributed by atoms with E-state index in [0.29, 0.717) is 5.92 Å². The largest absolute Gasteiger partial charge is 0.481 e. The van der Waals surface area contributed by atoms with Crippen LogP contribution in [0.25, 0.3) is 6.08 Å². The number of carbonyl (C=O) groups excluding carboxylic acids is 1. The third kappa shape index (κ3) is 5.42. The van der Waals surface area contributed by atoms with Crippen molar-refractivity contribution in [1.29, 1.82) is 0 Å². The summed E-state index contributed by atoms with van der Waals surface area (Å²) in [5, 5.41) is 11.5. The van der Waals surface area contributed by atoms with E-state index in [-0.39, 0.29) is 5.91 Å². The van der Waals surface area contributed by atoms with Crippen molar-refractivity contribution in [3.05, 3.63) is 41.5 Å². The van der Waals surface area contributed by atoms with Gasteiger partial charge in [-0.3, -0.25) is 9.59 Å². The minimum Gasteiger partial charge on any atom is -0.481 e.